The molecule has 3 rings (SSSR count). The lowest BCUT2D eigenvalue weighted by Crippen LogP contribution is -2.05. The molecule has 0 aliphatic rings. The molecule has 0 fully saturated rings. The van der Waals surface area contributed by atoms with E-state index in [0.717, 1.165) is 22.8 Å². The van der Waals surface area contributed by atoms with Crippen LogP contribution in [0.4, 0.5) is 0 Å². The molecule has 7 heteroatoms. The maximum atomic E-state index is 5.68. The molecule has 0 aromatic carbocycles. The number of hydrogen-bond donors (Lipinski definition) is 1. The van der Waals surface area contributed by atoms with Crippen LogP contribution < -0.4 is 5.73 Å². The van der Waals surface area contributed by atoms with Gasteiger partial charge in [0.25, 0.3) is 5.22 Å². The van der Waals surface area contributed by atoms with E-state index in [1.807, 2.05) is 28.8 Å². The zero-order valence-corrected chi connectivity index (χ0v) is 11.2. The fourth-order valence-electron chi connectivity index (χ4n) is 1.87. The zero-order valence-electron chi connectivity index (χ0n) is 10.4. The first-order chi connectivity index (χ1) is 9.28. The molecule has 0 atom stereocenters. The molecular formula is C12H13N5OS. The number of imidazole rings is 1. The van der Waals surface area contributed by atoms with Crippen molar-refractivity contribution in [1.82, 2.24) is 19.6 Å². The number of fused-ring (bicyclic) bond motifs is 1. The average molecular weight is 275 g/mol. The minimum absolute atomic E-state index is 0.499. The third kappa shape index (κ3) is 2.34. The van der Waals surface area contributed by atoms with E-state index < -0.39 is 0 Å². The van der Waals surface area contributed by atoms with Crippen LogP contribution in [0.25, 0.3) is 5.65 Å². The summed E-state index contributed by atoms with van der Waals surface area (Å²) >= 11 is 1.37. The number of hydrogen-bond acceptors (Lipinski definition) is 6. The molecule has 0 spiro atoms. The Bertz CT molecular complexity index is 705. The quantitative estimate of drug-likeness (QED) is 0.780. The fraction of sp³-hybridized carbons (Fsp3) is 0.250. The standard InChI is InChI=1S/C12H13N5OS/c1-8-15-16-12(18-8)19-11-9(5-6-13)17-7-3-2-4-10(17)14-11/h2-4,7H,5-6,13H2,1H3. The van der Waals surface area contributed by atoms with Crippen LogP contribution in [-0.4, -0.2) is 26.1 Å². The van der Waals surface area contributed by atoms with Gasteiger partial charge in [-0.3, -0.25) is 0 Å². The largest absolute Gasteiger partial charge is 0.416 e. The van der Waals surface area contributed by atoms with Gasteiger partial charge in [0.15, 0.2) is 0 Å². The summed E-state index contributed by atoms with van der Waals surface area (Å²) in [5.41, 5.74) is 7.64. The van der Waals surface area contributed by atoms with E-state index in [-0.39, 0.29) is 0 Å². The van der Waals surface area contributed by atoms with Gasteiger partial charge in [0.1, 0.15) is 10.7 Å². The molecule has 98 valence electrons. The average Bonchev–Trinajstić information content (AvgIpc) is 2.96. The molecule has 3 aromatic rings. The molecule has 19 heavy (non-hydrogen) atoms. The monoisotopic (exact) mass is 275 g/mol. The summed E-state index contributed by atoms with van der Waals surface area (Å²) in [4.78, 5) is 4.58. The van der Waals surface area contributed by atoms with Crippen LogP contribution in [0.2, 0.25) is 0 Å². The maximum Gasteiger partial charge on any atom is 0.282 e. The molecule has 0 bridgehead atoms. The number of pyridine rings is 1. The lowest BCUT2D eigenvalue weighted by atomic mass is 10.3. The van der Waals surface area contributed by atoms with Gasteiger partial charge in [-0.25, -0.2) is 4.98 Å². The summed E-state index contributed by atoms with van der Waals surface area (Å²) in [6.07, 6.45) is 2.73. The van der Waals surface area contributed by atoms with E-state index in [4.69, 9.17) is 10.2 Å². The highest BCUT2D eigenvalue weighted by Crippen LogP contribution is 2.29. The van der Waals surface area contributed by atoms with Crippen molar-refractivity contribution < 1.29 is 4.42 Å². The first-order valence-electron chi connectivity index (χ1n) is 5.92. The SMILES string of the molecule is Cc1nnc(Sc2nc3ccccn3c2CCN)o1. The summed E-state index contributed by atoms with van der Waals surface area (Å²) in [6.45, 7) is 2.33. The molecule has 0 saturated carbocycles. The van der Waals surface area contributed by atoms with Crippen molar-refractivity contribution in [3.8, 4) is 0 Å². The third-order valence-corrected chi connectivity index (χ3v) is 3.52. The van der Waals surface area contributed by atoms with Crippen LogP contribution in [-0.2, 0) is 6.42 Å². The van der Waals surface area contributed by atoms with Gasteiger partial charge < -0.3 is 14.6 Å². The number of aromatic nitrogens is 4. The minimum atomic E-state index is 0.499. The third-order valence-electron chi connectivity index (χ3n) is 2.66. The summed E-state index contributed by atoms with van der Waals surface area (Å²) in [7, 11) is 0. The Hall–Kier alpha value is -1.86. The van der Waals surface area contributed by atoms with Gasteiger partial charge in [0.05, 0.1) is 5.69 Å². The van der Waals surface area contributed by atoms with Crippen molar-refractivity contribution in [1.29, 1.82) is 0 Å². The van der Waals surface area contributed by atoms with Crippen molar-refractivity contribution in [3.63, 3.8) is 0 Å². The van der Waals surface area contributed by atoms with Crippen LogP contribution in [0.5, 0.6) is 0 Å². The first-order valence-corrected chi connectivity index (χ1v) is 6.73. The molecule has 6 nitrogen and oxygen atoms in total. The van der Waals surface area contributed by atoms with Crippen molar-refractivity contribution in [2.45, 2.75) is 23.6 Å². The Kier molecular flexibility index (Phi) is 3.22. The van der Waals surface area contributed by atoms with Gasteiger partial charge in [0.2, 0.25) is 5.89 Å². The highest BCUT2D eigenvalue weighted by molar-refractivity contribution is 7.99. The molecule has 3 aromatic heterocycles. The zero-order chi connectivity index (χ0) is 13.2. The summed E-state index contributed by atoms with van der Waals surface area (Å²) < 4.78 is 7.42. The van der Waals surface area contributed by atoms with Crippen molar-refractivity contribution in [3.05, 3.63) is 36.0 Å². The Labute approximate surface area is 114 Å². The van der Waals surface area contributed by atoms with Crippen LogP contribution in [0, 0.1) is 6.92 Å². The topological polar surface area (TPSA) is 82.2 Å². The van der Waals surface area contributed by atoms with E-state index in [2.05, 4.69) is 15.2 Å². The van der Waals surface area contributed by atoms with E-state index in [9.17, 15) is 0 Å². The fourth-order valence-corrected chi connectivity index (χ4v) is 2.74. The first kappa shape index (κ1) is 12.2. The predicted octanol–water partition coefficient (Wildman–Crippen LogP) is 1.68. The normalized spacial score (nSPS) is 11.3. The molecule has 0 saturated heterocycles. The van der Waals surface area contributed by atoms with Crippen molar-refractivity contribution >= 4 is 17.4 Å². The predicted molar refractivity (Wildman–Crippen MR) is 71.1 cm³/mol. The summed E-state index contributed by atoms with van der Waals surface area (Å²) in [5, 5.41) is 9.15. The van der Waals surface area contributed by atoms with Crippen molar-refractivity contribution in [2.75, 3.05) is 6.54 Å². The van der Waals surface area contributed by atoms with Gasteiger partial charge in [-0.2, -0.15) is 0 Å². The van der Waals surface area contributed by atoms with Gasteiger partial charge >= 0.3 is 0 Å². The molecule has 0 aliphatic heterocycles. The second-order valence-corrected chi connectivity index (χ2v) is 4.96. The lowest BCUT2D eigenvalue weighted by molar-refractivity contribution is 0.429. The van der Waals surface area contributed by atoms with Crippen molar-refractivity contribution in [2.24, 2.45) is 5.73 Å². The number of rotatable bonds is 4. The van der Waals surface area contributed by atoms with E-state index >= 15 is 0 Å². The number of nitrogens with zero attached hydrogens (tertiary/aromatic N) is 4. The molecule has 0 radical (unpaired) electrons. The van der Waals surface area contributed by atoms with Crippen LogP contribution in [0.15, 0.2) is 39.1 Å². The van der Waals surface area contributed by atoms with Gasteiger partial charge in [-0.05, 0) is 30.4 Å². The molecule has 0 aliphatic carbocycles. The summed E-state index contributed by atoms with van der Waals surface area (Å²) in [6, 6.07) is 5.89. The Balaban J connectivity index is 2.04. The second kappa shape index (κ2) is 5.02. The minimum Gasteiger partial charge on any atom is -0.416 e. The van der Waals surface area contributed by atoms with Gasteiger partial charge in [0, 0.05) is 19.5 Å². The van der Waals surface area contributed by atoms with Crippen LogP contribution >= 0.6 is 11.8 Å². The molecular weight excluding hydrogens is 262 g/mol. The Morgan fingerprint density at radius 2 is 2.26 bits per heavy atom. The number of nitrogens with two attached hydrogens (primary N) is 1. The van der Waals surface area contributed by atoms with E-state index in [0.29, 0.717) is 17.7 Å². The van der Waals surface area contributed by atoms with E-state index in [1.165, 1.54) is 11.8 Å². The Morgan fingerprint density at radius 3 is 3.00 bits per heavy atom. The second-order valence-electron chi connectivity index (χ2n) is 4.02. The smallest absolute Gasteiger partial charge is 0.282 e. The van der Waals surface area contributed by atoms with E-state index in [1.54, 1.807) is 6.92 Å². The number of aryl methyl sites for hydroxylation is 1. The molecule has 2 N–H and O–H groups in total. The maximum absolute atomic E-state index is 5.68. The van der Waals surface area contributed by atoms with Crippen LogP contribution in [0.3, 0.4) is 0 Å². The highest BCUT2D eigenvalue weighted by atomic mass is 32.2. The van der Waals surface area contributed by atoms with Gasteiger partial charge in [-0.15, -0.1) is 10.2 Å². The highest BCUT2D eigenvalue weighted by Gasteiger charge is 2.15. The molecule has 0 amide bonds. The lowest BCUT2D eigenvalue weighted by Gasteiger charge is -2.00. The molecule has 3 heterocycles. The van der Waals surface area contributed by atoms with Gasteiger partial charge in [-0.1, -0.05) is 6.07 Å². The summed E-state index contributed by atoms with van der Waals surface area (Å²) in [5.74, 6) is 0.548. The van der Waals surface area contributed by atoms with Crippen LogP contribution in [0.1, 0.15) is 11.6 Å². The molecule has 0 unspecified atom stereocenters. The Morgan fingerprint density at radius 1 is 1.37 bits per heavy atom.